The standard InChI is InChI=1S/C20H26ClNO2/c1-13-7-15(10-16(21)8-13)12-22-20(3,4)18-11-17(23-5)9-14(2)19(18)24-6/h7-11,22H,12H2,1-6H3. The molecule has 0 heterocycles. The lowest BCUT2D eigenvalue weighted by molar-refractivity contribution is 0.351. The number of ether oxygens (including phenoxy) is 2. The van der Waals surface area contributed by atoms with Crippen LogP contribution in [0.3, 0.4) is 0 Å². The van der Waals surface area contributed by atoms with Crippen LogP contribution in [0.4, 0.5) is 0 Å². The molecule has 0 aliphatic heterocycles. The van der Waals surface area contributed by atoms with E-state index >= 15 is 0 Å². The van der Waals surface area contributed by atoms with Gasteiger partial charge in [0.1, 0.15) is 11.5 Å². The molecule has 0 amide bonds. The fourth-order valence-electron chi connectivity index (χ4n) is 2.93. The Morgan fingerprint density at radius 2 is 1.71 bits per heavy atom. The van der Waals surface area contributed by atoms with E-state index in [1.807, 2.05) is 31.2 Å². The van der Waals surface area contributed by atoms with Crippen molar-refractivity contribution in [1.82, 2.24) is 5.32 Å². The number of aryl methyl sites for hydroxylation is 2. The summed E-state index contributed by atoms with van der Waals surface area (Å²) in [5, 5.41) is 4.37. The molecule has 130 valence electrons. The minimum Gasteiger partial charge on any atom is -0.497 e. The van der Waals surface area contributed by atoms with Gasteiger partial charge >= 0.3 is 0 Å². The van der Waals surface area contributed by atoms with Crippen molar-refractivity contribution < 1.29 is 9.47 Å². The minimum atomic E-state index is -0.291. The van der Waals surface area contributed by atoms with Gasteiger partial charge in [-0.15, -0.1) is 0 Å². The first kappa shape index (κ1) is 18.6. The maximum absolute atomic E-state index is 6.16. The largest absolute Gasteiger partial charge is 0.497 e. The highest BCUT2D eigenvalue weighted by atomic mass is 35.5. The van der Waals surface area contributed by atoms with Crippen LogP contribution in [0, 0.1) is 13.8 Å². The summed E-state index contributed by atoms with van der Waals surface area (Å²) in [5.41, 5.74) is 4.15. The highest BCUT2D eigenvalue weighted by molar-refractivity contribution is 6.30. The van der Waals surface area contributed by atoms with Gasteiger partial charge in [0.05, 0.1) is 14.2 Å². The second kappa shape index (κ2) is 7.45. The molecule has 0 radical (unpaired) electrons. The van der Waals surface area contributed by atoms with Crippen LogP contribution in [0.1, 0.15) is 36.1 Å². The number of methoxy groups -OCH3 is 2. The third kappa shape index (κ3) is 4.22. The van der Waals surface area contributed by atoms with E-state index in [0.29, 0.717) is 6.54 Å². The van der Waals surface area contributed by atoms with Crippen LogP contribution in [0.2, 0.25) is 5.02 Å². The first-order chi connectivity index (χ1) is 11.3. The summed E-state index contributed by atoms with van der Waals surface area (Å²) in [6.07, 6.45) is 0. The molecule has 0 saturated carbocycles. The van der Waals surface area contributed by atoms with E-state index < -0.39 is 0 Å². The van der Waals surface area contributed by atoms with E-state index in [-0.39, 0.29) is 5.54 Å². The number of benzene rings is 2. The van der Waals surface area contributed by atoms with E-state index in [1.54, 1.807) is 14.2 Å². The van der Waals surface area contributed by atoms with Crippen molar-refractivity contribution in [3.8, 4) is 11.5 Å². The molecule has 0 spiro atoms. The van der Waals surface area contributed by atoms with Gasteiger partial charge in [-0.3, -0.25) is 0 Å². The van der Waals surface area contributed by atoms with Crippen LogP contribution in [-0.2, 0) is 12.1 Å². The summed E-state index contributed by atoms with van der Waals surface area (Å²) in [6, 6.07) is 10.1. The highest BCUT2D eigenvalue weighted by Crippen LogP contribution is 2.36. The number of hydrogen-bond acceptors (Lipinski definition) is 3. The van der Waals surface area contributed by atoms with E-state index in [2.05, 4.69) is 32.2 Å². The molecule has 0 unspecified atom stereocenters. The fraction of sp³-hybridized carbons (Fsp3) is 0.400. The fourth-order valence-corrected chi connectivity index (χ4v) is 3.24. The van der Waals surface area contributed by atoms with Crippen LogP contribution in [0.25, 0.3) is 0 Å². The summed E-state index contributed by atoms with van der Waals surface area (Å²) in [5.74, 6) is 1.72. The first-order valence-corrected chi connectivity index (χ1v) is 8.39. The predicted octanol–water partition coefficient (Wildman–Crippen LogP) is 5.00. The highest BCUT2D eigenvalue weighted by Gasteiger charge is 2.26. The van der Waals surface area contributed by atoms with Gasteiger partial charge in [0.15, 0.2) is 0 Å². The molecule has 24 heavy (non-hydrogen) atoms. The van der Waals surface area contributed by atoms with Gasteiger partial charge in [-0.05, 0) is 68.7 Å². The van der Waals surface area contributed by atoms with Crippen LogP contribution >= 0.6 is 11.6 Å². The Labute approximate surface area is 149 Å². The van der Waals surface area contributed by atoms with Crippen LogP contribution in [-0.4, -0.2) is 14.2 Å². The number of rotatable bonds is 6. The first-order valence-electron chi connectivity index (χ1n) is 8.01. The van der Waals surface area contributed by atoms with Crippen molar-refractivity contribution in [3.05, 3.63) is 57.6 Å². The smallest absolute Gasteiger partial charge is 0.127 e. The minimum absolute atomic E-state index is 0.291. The van der Waals surface area contributed by atoms with Gasteiger partial charge in [0, 0.05) is 22.7 Å². The summed E-state index contributed by atoms with van der Waals surface area (Å²) < 4.78 is 11.1. The van der Waals surface area contributed by atoms with Crippen LogP contribution in [0.15, 0.2) is 30.3 Å². The Balaban J connectivity index is 2.30. The Morgan fingerprint density at radius 1 is 1.00 bits per heavy atom. The van der Waals surface area contributed by atoms with Crippen molar-refractivity contribution in [1.29, 1.82) is 0 Å². The second-order valence-corrected chi connectivity index (χ2v) is 7.08. The van der Waals surface area contributed by atoms with Gasteiger partial charge < -0.3 is 14.8 Å². The van der Waals surface area contributed by atoms with E-state index in [0.717, 1.165) is 38.8 Å². The van der Waals surface area contributed by atoms with Crippen molar-refractivity contribution in [2.24, 2.45) is 0 Å². The SMILES string of the molecule is COc1cc(C)c(OC)c(C(C)(C)NCc2cc(C)cc(Cl)c2)c1. The quantitative estimate of drug-likeness (QED) is 0.797. The Kier molecular flexibility index (Phi) is 5.79. The van der Waals surface area contributed by atoms with Crippen LogP contribution < -0.4 is 14.8 Å². The molecule has 0 bridgehead atoms. The average Bonchev–Trinajstić information content (AvgIpc) is 2.51. The molecule has 4 heteroatoms. The number of hydrogen-bond donors (Lipinski definition) is 1. The second-order valence-electron chi connectivity index (χ2n) is 6.64. The lowest BCUT2D eigenvalue weighted by atomic mass is 9.91. The topological polar surface area (TPSA) is 30.5 Å². The van der Waals surface area contributed by atoms with Crippen LogP contribution in [0.5, 0.6) is 11.5 Å². The molecule has 0 saturated heterocycles. The molecule has 1 N–H and O–H groups in total. The van der Waals surface area contributed by atoms with Crippen molar-refractivity contribution in [3.63, 3.8) is 0 Å². The summed E-state index contributed by atoms with van der Waals surface area (Å²) >= 11 is 6.16. The Hall–Kier alpha value is -1.71. The average molecular weight is 348 g/mol. The summed E-state index contributed by atoms with van der Waals surface area (Å²) in [7, 11) is 3.38. The van der Waals surface area contributed by atoms with E-state index in [4.69, 9.17) is 21.1 Å². The lowest BCUT2D eigenvalue weighted by Crippen LogP contribution is -2.36. The predicted molar refractivity (Wildman–Crippen MR) is 100 cm³/mol. The normalized spacial score (nSPS) is 11.5. The molecule has 0 aliphatic rings. The van der Waals surface area contributed by atoms with Gasteiger partial charge in [0.25, 0.3) is 0 Å². The van der Waals surface area contributed by atoms with E-state index in [9.17, 15) is 0 Å². The molecular weight excluding hydrogens is 322 g/mol. The third-order valence-corrected chi connectivity index (χ3v) is 4.42. The molecule has 2 rings (SSSR count). The summed E-state index contributed by atoms with van der Waals surface area (Å²) in [4.78, 5) is 0. The maximum Gasteiger partial charge on any atom is 0.127 e. The zero-order valence-electron chi connectivity index (χ0n) is 15.3. The molecule has 0 fully saturated rings. The van der Waals surface area contributed by atoms with Crippen molar-refractivity contribution in [2.75, 3.05) is 14.2 Å². The van der Waals surface area contributed by atoms with Crippen molar-refractivity contribution in [2.45, 2.75) is 39.8 Å². The number of nitrogens with one attached hydrogen (secondary N) is 1. The number of halogens is 1. The molecule has 0 atom stereocenters. The van der Waals surface area contributed by atoms with E-state index in [1.165, 1.54) is 0 Å². The van der Waals surface area contributed by atoms with Gasteiger partial charge in [0.2, 0.25) is 0 Å². The zero-order valence-corrected chi connectivity index (χ0v) is 16.0. The Bertz CT molecular complexity index is 706. The van der Waals surface area contributed by atoms with Crippen molar-refractivity contribution >= 4 is 11.6 Å². The monoisotopic (exact) mass is 347 g/mol. The molecule has 2 aromatic carbocycles. The Morgan fingerprint density at radius 3 is 2.29 bits per heavy atom. The third-order valence-electron chi connectivity index (χ3n) is 4.20. The molecule has 0 aromatic heterocycles. The summed E-state index contributed by atoms with van der Waals surface area (Å²) in [6.45, 7) is 9.08. The zero-order chi connectivity index (χ0) is 17.9. The lowest BCUT2D eigenvalue weighted by Gasteiger charge is -2.30. The molecular formula is C20H26ClNO2. The maximum atomic E-state index is 6.16. The molecule has 0 aliphatic carbocycles. The van der Waals surface area contributed by atoms with Gasteiger partial charge in [-0.1, -0.05) is 17.7 Å². The molecule has 2 aromatic rings. The van der Waals surface area contributed by atoms with Gasteiger partial charge in [-0.25, -0.2) is 0 Å². The van der Waals surface area contributed by atoms with Gasteiger partial charge in [-0.2, -0.15) is 0 Å². The molecule has 3 nitrogen and oxygen atoms in total.